The number of carbonyl (C=O) groups is 1. The summed E-state index contributed by atoms with van der Waals surface area (Å²) in [6, 6.07) is 20.3. The minimum atomic E-state index is -0.406. The summed E-state index contributed by atoms with van der Waals surface area (Å²) in [5.74, 6) is -0.148. The predicted octanol–water partition coefficient (Wildman–Crippen LogP) is 4.01. The molecule has 0 saturated heterocycles. The van der Waals surface area contributed by atoms with Crippen molar-refractivity contribution in [2.24, 2.45) is 0 Å². The summed E-state index contributed by atoms with van der Waals surface area (Å²) in [4.78, 5) is 29.6. The molecule has 1 N–H and O–H groups in total. The molecule has 144 valence electrons. The minimum absolute atomic E-state index is 0.0540. The zero-order valence-electron chi connectivity index (χ0n) is 15.7. The van der Waals surface area contributed by atoms with E-state index in [4.69, 9.17) is 0 Å². The van der Waals surface area contributed by atoms with Crippen LogP contribution in [0, 0.1) is 12.7 Å². The molecule has 0 spiro atoms. The third-order valence-corrected chi connectivity index (χ3v) is 4.66. The van der Waals surface area contributed by atoms with Gasteiger partial charge in [-0.25, -0.2) is 9.37 Å². The van der Waals surface area contributed by atoms with Crippen molar-refractivity contribution < 1.29 is 9.18 Å². The Labute approximate surface area is 166 Å². The lowest BCUT2D eigenvalue weighted by molar-refractivity contribution is -0.115. The highest BCUT2D eigenvalue weighted by Crippen LogP contribution is 2.16. The molecule has 0 fully saturated rings. The molecule has 1 amide bonds. The molecule has 3 aromatic carbocycles. The number of aromatic nitrogens is 2. The highest BCUT2D eigenvalue weighted by molar-refractivity contribution is 5.92. The lowest BCUT2D eigenvalue weighted by Gasteiger charge is -2.12. The van der Waals surface area contributed by atoms with Crippen molar-refractivity contribution in [2.45, 2.75) is 13.3 Å². The highest BCUT2D eigenvalue weighted by Gasteiger charge is 2.11. The van der Waals surface area contributed by atoms with Crippen LogP contribution < -0.4 is 10.9 Å². The van der Waals surface area contributed by atoms with Crippen molar-refractivity contribution in [1.29, 1.82) is 0 Å². The summed E-state index contributed by atoms with van der Waals surface area (Å²) >= 11 is 0. The van der Waals surface area contributed by atoms with Crippen LogP contribution in [-0.4, -0.2) is 15.5 Å². The minimum Gasteiger partial charge on any atom is -0.326 e. The first-order valence-electron chi connectivity index (χ1n) is 9.15. The number of amides is 1. The van der Waals surface area contributed by atoms with E-state index in [-0.39, 0.29) is 17.9 Å². The predicted molar refractivity (Wildman–Crippen MR) is 111 cm³/mol. The zero-order chi connectivity index (χ0) is 20.4. The lowest BCUT2D eigenvalue weighted by atomic mass is 10.1. The third kappa shape index (κ3) is 3.78. The van der Waals surface area contributed by atoms with Crippen LogP contribution in [0.25, 0.3) is 16.6 Å². The Balaban J connectivity index is 1.57. The Bertz CT molecular complexity index is 1260. The summed E-state index contributed by atoms with van der Waals surface area (Å²) in [5, 5.41) is 3.29. The number of para-hydroxylation sites is 1. The number of anilines is 1. The molecule has 0 bridgehead atoms. The van der Waals surface area contributed by atoms with Crippen LogP contribution in [-0.2, 0) is 11.2 Å². The van der Waals surface area contributed by atoms with Crippen LogP contribution in [0.1, 0.15) is 11.4 Å². The standard InChI is InChI=1S/C23H18FN3O2/c1-15-25-21-9-5-3-7-19(21)23(29)27(15)18-12-10-17(11-13-18)26-22(28)14-16-6-2-4-8-20(16)24/h2-13H,14H2,1H3,(H,26,28). The normalized spacial score (nSPS) is 10.8. The van der Waals surface area contributed by atoms with Crippen molar-refractivity contribution >= 4 is 22.5 Å². The van der Waals surface area contributed by atoms with Gasteiger partial charge in [-0.05, 0) is 55.0 Å². The molecule has 0 radical (unpaired) electrons. The Morgan fingerprint density at radius 1 is 1.00 bits per heavy atom. The van der Waals surface area contributed by atoms with Crippen LogP contribution in [0.3, 0.4) is 0 Å². The molecule has 0 aliphatic rings. The average Bonchev–Trinajstić information content (AvgIpc) is 2.71. The molecule has 29 heavy (non-hydrogen) atoms. The number of nitrogens with zero attached hydrogens (tertiary/aromatic N) is 2. The Kier molecular flexibility index (Phi) is 4.91. The Morgan fingerprint density at radius 2 is 1.69 bits per heavy atom. The summed E-state index contributed by atoms with van der Waals surface area (Å²) < 4.78 is 15.2. The maximum atomic E-state index is 13.7. The number of aryl methyl sites for hydroxylation is 1. The van der Waals surface area contributed by atoms with Crippen molar-refractivity contribution in [3.8, 4) is 5.69 Å². The SMILES string of the molecule is Cc1nc2ccccc2c(=O)n1-c1ccc(NC(=O)Cc2ccccc2F)cc1. The zero-order valence-corrected chi connectivity index (χ0v) is 15.7. The number of fused-ring (bicyclic) bond motifs is 1. The van der Waals surface area contributed by atoms with Crippen molar-refractivity contribution in [1.82, 2.24) is 9.55 Å². The van der Waals surface area contributed by atoms with E-state index < -0.39 is 5.82 Å². The van der Waals surface area contributed by atoms with E-state index >= 15 is 0 Å². The molecule has 0 saturated carbocycles. The van der Waals surface area contributed by atoms with E-state index in [1.807, 2.05) is 12.1 Å². The van der Waals surface area contributed by atoms with Crippen LogP contribution in [0.5, 0.6) is 0 Å². The van der Waals surface area contributed by atoms with E-state index in [0.717, 1.165) is 0 Å². The van der Waals surface area contributed by atoms with E-state index in [1.54, 1.807) is 61.5 Å². The smallest absolute Gasteiger partial charge is 0.265 e. The summed E-state index contributed by atoms with van der Waals surface area (Å²) in [5.41, 5.74) is 2.06. The molecule has 1 aromatic heterocycles. The Morgan fingerprint density at radius 3 is 2.45 bits per heavy atom. The van der Waals surface area contributed by atoms with Gasteiger partial charge < -0.3 is 5.32 Å². The first kappa shape index (κ1) is 18.6. The van der Waals surface area contributed by atoms with Gasteiger partial charge in [0.2, 0.25) is 5.91 Å². The molecule has 0 aliphatic heterocycles. The molecule has 0 unspecified atom stereocenters. The van der Waals surface area contributed by atoms with E-state index in [0.29, 0.717) is 33.7 Å². The number of rotatable bonds is 4. The van der Waals surface area contributed by atoms with Gasteiger partial charge in [0.25, 0.3) is 5.56 Å². The maximum Gasteiger partial charge on any atom is 0.265 e. The van der Waals surface area contributed by atoms with Gasteiger partial charge in [0.05, 0.1) is 23.0 Å². The first-order valence-corrected chi connectivity index (χ1v) is 9.15. The van der Waals surface area contributed by atoms with Gasteiger partial charge in [0.1, 0.15) is 11.6 Å². The number of hydrogen-bond donors (Lipinski definition) is 1. The second kappa shape index (κ2) is 7.67. The van der Waals surface area contributed by atoms with Crippen molar-refractivity contribution in [3.63, 3.8) is 0 Å². The highest BCUT2D eigenvalue weighted by atomic mass is 19.1. The Hall–Kier alpha value is -3.80. The number of carbonyl (C=O) groups excluding carboxylic acids is 1. The number of nitrogens with one attached hydrogen (secondary N) is 1. The van der Waals surface area contributed by atoms with Gasteiger partial charge in [0, 0.05) is 5.69 Å². The molecule has 0 atom stereocenters. The van der Waals surface area contributed by atoms with Gasteiger partial charge in [0.15, 0.2) is 0 Å². The van der Waals surface area contributed by atoms with Crippen molar-refractivity contribution in [2.75, 3.05) is 5.32 Å². The van der Waals surface area contributed by atoms with Gasteiger partial charge in [-0.2, -0.15) is 0 Å². The number of hydrogen-bond acceptors (Lipinski definition) is 3. The summed E-state index contributed by atoms with van der Waals surface area (Å²) in [6.07, 6.45) is -0.0540. The molecule has 6 heteroatoms. The van der Waals surface area contributed by atoms with Gasteiger partial charge >= 0.3 is 0 Å². The second-order valence-corrected chi connectivity index (χ2v) is 6.68. The summed E-state index contributed by atoms with van der Waals surface area (Å²) in [6.45, 7) is 1.78. The molecule has 5 nitrogen and oxygen atoms in total. The topological polar surface area (TPSA) is 64.0 Å². The van der Waals surface area contributed by atoms with E-state index in [2.05, 4.69) is 10.3 Å². The molecular weight excluding hydrogens is 369 g/mol. The lowest BCUT2D eigenvalue weighted by Crippen LogP contribution is -2.22. The van der Waals surface area contributed by atoms with Crippen LogP contribution in [0.2, 0.25) is 0 Å². The molecular formula is C23H18FN3O2. The van der Waals surface area contributed by atoms with E-state index in [9.17, 15) is 14.0 Å². The molecule has 0 aliphatic carbocycles. The largest absolute Gasteiger partial charge is 0.326 e. The monoisotopic (exact) mass is 387 g/mol. The van der Waals surface area contributed by atoms with Gasteiger partial charge in [-0.1, -0.05) is 30.3 Å². The van der Waals surface area contributed by atoms with Crippen LogP contribution in [0.4, 0.5) is 10.1 Å². The number of benzene rings is 3. The molecule has 4 rings (SSSR count). The first-order chi connectivity index (χ1) is 14.0. The van der Waals surface area contributed by atoms with Crippen molar-refractivity contribution in [3.05, 3.63) is 100 Å². The fourth-order valence-electron chi connectivity index (χ4n) is 3.26. The van der Waals surface area contributed by atoms with Crippen LogP contribution in [0.15, 0.2) is 77.6 Å². The average molecular weight is 387 g/mol. The molecule has 4 aromatic rings. The van der Waals surface area contributed by atoms with Crippen LogP contribution >= 0.6 is 0 Å². The van der Waals surface area contributed by atoms with E-state index in [1.165, 1.54) is 10.6 Å². The van der Waals surface area contributed by atoms with Gasteiger partial charge in [-0.15, -0.1) is 0 Å². The maximum absolute atomic E-state index is 13.7. The third-order valence-electron chi connectivity index (χ3n) is 4.66. The summed E-state index contributed by atoms with van der Waals surface area (Å²) in [7, 11) is 0. The fourth-order valence-corrected chi connectivity index (χ4v) is 3.26. The quantitative estimate of drug-likeness (QED) is 0.575. The fraction of sp³-hybridized carbons (Fsp3) is 0.0870. The molecule has 1 heterocycles. The second-order valence-electron chi connectivity index (χ2n) is 6.68. The number of halogens is 1. The van der Waals surface area contributed by atoms with Gasteiger partial charge in [-0.3, -0.25) is 14.2 Å².